The predicted molar refractivity (Wildman–Crippen MR) is 53.9 cm³/mol. The molecule has 2 heterocycles. The molecular formula is C8H8N2O8S. The van der Waals surface area contributed by atoms with Crippen molar-refractivity contribution in [3.05, 3.63) is 0 Å². The third-order valence-corrected chi connectivity index (χ3v) is 4.00. The molecule has 2 atom stereocenters. The van der Waals surface area contributed by atoms with Crippen LogP contribution in [0.3, 0.4) is 0 Å². The van der Waals surface area contributed by atoms with Gasteiger partial charge in [0.25, 0.3) is 27.8 Å². The topological polar surface area (TPSA) is 149 Å². The average Bonchev–Trinajstić information content (AvgIpc) is 2.71. The van der Waals surface area contributed by atoms with Gasteiger partial charge in [-0.15, -0.1) is 0 Å². The summed E-state index contributed by atoms with van der Waals surface area (Å²) < 4.78 is 30.6. The molecule has 2 fully saturated rings. The van der Waals surface area contributed by atoms with E-state index in [1.165, 1.54) is 0 Å². The van der Waals surface area contributed by atoms with Gasteiger partial charge >= 0.3 is 0 Å². The highest BCUT2D eigenvalue weighted by Gasteiger charge is 2.53. The van der Waals surface area contributed by atoms with Crippen molar-refractivity contribution in [1.82, 2.24) is 9.96 Å². The zero-order valence-electron chi connectivity index (χ0n) is 9.22. The van der Waals surface area contributed by atoms with Crippen molar-refractivity contribution in [3.63, 3.8) is 0 Å². The van der Waals surface area contributed by atoms with Crippen LogP contribution in [0, 0.1) is 0 Å². The van der Waals surface area contributed by atoms with Gasteiger partial charge in [0.2, 0.25) is 5.91 Å². The molecule has 2 saturated heterocycles. The van der Waals surface area contributed by atoms with Crippen LogP contribution in [0.1, 0.15) is 12.8 Å². The molecule has 19 heavy (non-hydrogen) atoms. The Morgan fingerprint density at radius 2 is 1.58 bits per heavy atom. The standard InChI is InChI=1S/C8H8N2O8S/c11-5-2-4(19(16,17)18)8(14)9(5)3-1-6(12)10(15)7(3)13/h3-4,15H,1-2H2,(H,16,17,18). The van der Waals surface area contributed by atoms with Crippen molar-refractivity contribution >= 4 is 33.7 Å². The number of carbonyl (C=O) groups is 4. The summed E-state index contributed by atoms with van der Waals surface area (Å²) in [6.07, 6.45) is -1.42. The summed E-state index contributed by atoms with van der Waals surface area (Å²) in [5.74, 6) is -4.49. The number of hydrogen-bond donors (Lipinski definition) is 2. The first-order chi connectivity index (χ1) is 8.64. The number of carbonyl (C=O) groups excluding carboxylic acids is 4. The molecule has 0 aliphatic carbocycles. The molecule has 2 N–H and O–H groups in total. The number of nitrogens with zero attached hydrogens (tertiary/aromatic N) is 2. The van der Waals surface area contributed by atoms with Crippen molar-refractivity contribution in [2.24, 2.45) is 0 Å². The summed E-state index contributed by atoms with van der Waals surface area (Å²) in [6.45, 7) is 0. The van der Waals surface area contributed by atoms with Crippen LogP contribution < -0.4 is 0 Å². The molecule has 0 aromatic heterocycles. The van der Waals surface area contributed by atoms with Crippen LogP contribution in [0.4, 0.5) is 0 Å². The molecule has 2 aliphatic rings. The fourth-order valence-electron chi connectivity index (χ4n) is 1.99. The van der Waals surface area contributed by atoms with E-state index >= 15 is 0 Å². The quantitative estimate of drug-likeness (QED) is 0.322. The van der Waals surface area contributed by atoms with Crippen molar-refractivity contribution in [3.8, 4) is 0 Å². The van der Waals surface area contributed by atoms with Crippen molar-refractivity contribution < 1.29 is 37.4 Å². The lowest BCUT2D eigenvalue weighted by Gasteiger charge is -2.19. The molecule has 10 nitrogen and oxygen atoms in total. The smallest absolute Gasteiger partial charge is 0.277 e. The Labute approximate surface area is 106 Å². The average molecular weight is 292 g/mol. The van der Waals surface area contributed by atoms with E-state index in [9.17, 15) is 27.6 Å². The number of amides is 4. The van der Waals surface area contributed by atoms with Gasteiger partial charge in [-0.05, 0) is 0 Å². The van der Waals surface area contributed by atoms with Gasteiger partial charge in [-0.2, -0.15) is 13.5 Å². The highest BCUT2D eigenvalue weighted by atomic mass is 32.2. The summed E-state index contributed by atoms with van der Waals surface area (Å²) in [5, 5.41) is 6.81. The van der Waals surface area contributed by atoms with E-state index in [-0.39, 0.29) is 5.06 Å². The van der Waals surface area contributed by atoms with Gasteiger partial charge in [-0.25, -0.2) is 0 Å². The number of imide groups is 2. The number of likely N-dealkylation sites (tertiary alicyclic amines) is 1. The molecular weight excluding hydrogens is 284 g/mol. The molecule has 11 heteroatoms. The van der Waals surface area contributed by atoms with Crippen LogP contribution in [0.5, 0.6) is 0 Å². The fraction of sp³-hybridized carbons (Fsp3) is 0.500. The Hall–Kier alpha value is -1.85. The van der Waals surface area contributed by atoms with E-state index in [4.69, 9.17) is 9.76 Å². The second kappa shape index (κ2) is 4.08. The zero-order chi connectivity index (χ0) is 14.5. The minimum atomic E-state index is -4.78. The molecule has 0 radical (unpaired) electrons. The van der Waals surface area contributed by atoms with Crippen LogP contribution in [0.25, 0.3) is 0 Å². The molecule has 0 aromatic rings. The lowest BCUT2D eigenvalue weighted by atomic mass is 10.2. The molecule has 0 spiro atoms. The van der Waals surface area contributed by atoms with Gasteiger partial charge in [0.1, 0.15) is 6.04 Å². The lowest BCUT2D eigenvalue weighted by molar-refractivity contribution is -0.173. The number of rotatable bonds is 2. The minimum Gasteiger partial charge on any atom is -0.285 e. The maximum atomic E-state index is 11.7. The monoisotopic (exact) mass is 292 g/mol. The van der Waals surface area contributed by atoms with Crippen molar-refractivity contribution in [2.45, 2.75) is 24.1 Å². The summed E-state index contributed by atoms with van der Waals surface area (Å²) in [6, 6.07) is -1.57. The van der Waals surface area contributed by atoms with Crippen LogP contribution in [-0.2, 0) is 29.3 Å². The first kappa shape index (κ1) is 13.6. The number of hydroxylamine groups is 2. The highest BCUT2D eigenvalue weighted by molar-refractivity contribution is 7.87. The summed E-state index contributed by atoms with van der Waals surface area (Å²) in [7, 11) is -4.78. The predicted octanol–water partition coefficient (Wildman–Crippen LogP) is -2.48. The highest BCUT2D eigenvalue weighted by Crippen LogP contribution is 2.26. The van der Waals surface area contributed by atoms with Gasteiger partial charge in [0.05, 0.1) is 12.8 Å². The SMILES string of the molecule is O=C1CC(N2C(=O)CC(S(=O)(=O)O)C2=O)C(=O)N1O. The minimum absolute atomic E-state index is 0.230. The van der Waals surface area contributed by atoms with E-state index in [0.29, 0.717) is 4.90 Å². The molecule has 104 valence electrons. The molecule has 4 amide bonds. The number of hydrogen-bond acceptors (Lipinski definition) is 7. The van der Waals surface area contributed by atoms with Crippen molar-refractivity contribution in [2.75, 3.05) is 0 Å². The van der Waals surface area contributed by atoms with Gasteiger partial charge in [0.15, 0.2) is 5.25 Å². The van der Waals surface area contributed by atoms with Gasteiger partial charge in [-0.1, -0.05) is 0 Å². The Morgan fingerprint density at radius 3 is 1.95 bits per heavy atom. The fourth-order valence-corrected chi connectivity index (χ4v) is 2.71. The maximum absolute atomic E-state index is 11.7. The van der Waals surface area contributed by atoms with E-state index in [0.717, 1.165) is 0 Å². The molecule has 0 bridgehead atoms. The van der Waals surface area contributed by atoms with Crippen LogP contribution in [0.15, 0.2) is 0 Å². The maximum Gasteiger partial charge on any atom is 0.277 e. The second-order valence-electron chi connectivity index (χ2n) is 4.07. The largest absolute Gasteiger partial charge is 0.285 e. The third kappa shape index (κ3) is 2.01. The van der Waals surface area contributed by atoms with Gasteiger partial charge in [0, 0.05) is 0 Å². The van der Waals surface area contributed by atoms with E-state index < -0.39 is 57.9 Å². The Bertz CT molecular complexity index is 596. The van der Waals surface area contributed by atoms with Crippen LogP contribution >= 0.6 is 0 Å². The van der Waals surface area contributed by atoms with Gasteiger partial charge in [-0.3, -0.25) is 33.8 Å². The Kier molecular flexibility index (Phi) is 2.91. The molecule has 2 aliphatic heterocycles. The first-order valence-corrected chi connectivity index (χ1v) is 6.52. The van der Waals surface area contributed by atoms with Gasteiger partial charge < -0.3 is 0 Å². The summed E-state index contributed by atoms with van der Waals surface area (Å²) in [5.41, 5.74) is 0. The van der Waals surface area contributed by atoms with Crippen LogP contribution in [-0.4, -0.2) is 63.1 Å². The molecule has 0 saturated carbocycles. The molecule has 0 aromatic carbocycles. The Morgan fingerprint density at radius 1 is 1.00 bits per heavy atom. The Balaban J connectivity index is 2.33. The summed E-state index contributed by atoms with van der Waals surface area (Å²) >= 11 is 0. The summed E-state index contributed by atoms with van der Waals surface area (Å²) in [4.78, 5) is 46.1. The molecule has 2 rings (SSSR count). The molecule has 2 unspecified atom stereocenters. The van der Waals surface area contributed by atoms with Crippen molar-refractivity contribution in [1.29, 1.82) is 0 Å². The van der Waals surface area contributed by atoms with E-state index in [1.54, 1.807) is 0 Å². The third-order valence-electron chi connectivity index (χ3n) is 2.91. The first-order valence-electron chi connectivity index (χ1n) is 5.02. The van der Waals surface area contributed by atoms with Crippen LogP contribution in [0.2, 0.25) is 0 Å². The van der Waals surface area contributed by atoms with E-state index in [1.807, 2.05) is 0 Å². The normalized spacial score (nSPS) is 28.7. The zero-order valence-corrected chi connectivity index (χ0v) is 10.0. The second-order valence-corrected chi connectivity index (χ2v) is 5.67. The van der Waals surface area contributed by atoms with E-state index in [2.05, 4.69) is 0 Å². The lowest BCUT2D eigenvalue weighted by Crippen LogP contribution is -2.46.